The number of terminal acetylenes is 1. The van der Waals surface area contributed by atoms with Crippen molar-refractivity contribution in [2.24, 2.45) is 0 Å². The molecule has 1 fully saturated rings. The van der Waals surface area contributed by atoms with Crippen molar-refractivity contribution in [3.63, 3.8) is 0 Å². The van der Waals surface area contributed by atoms with Crippen LogP contribution in [0.5, 0.6) is 0 Å². The molecule has 2 nitrogen and oxygen atoms in total. The van der Waals surface area contributed by atoms with Crippen LogP contribution in [0.1, 0.15) is 32.3 Å². The summed E-state index contributed by atoms with van der Waals surface area (Å²) in [6, 6.07) is 8.49. The van der Waals surface area contributed by atoms with Crippen LogP contribution in [0.4, 0.5) is 5.69 Å². The van der Waals surface area contributed by atoms with Crippen molar-refractivity contribution in [3.8, 4) is 12.3 Å². The van der Waals surface area contributed by atoms with Crippen LogP contribution in [0.2, 0.25) is 0 Å². The number of ether oxygens (including phenoxy) is 1. The summed E-state index contributed by atoms with van der Waals surface area (Å²) in [5.41, 5.74) is 2.02. The molecule has 0 amide bonds. The van der Waals surface area contributed by atoms with E-state index in [1.807, 2.05) is 18.2 Å². The minimum atomic E-state index is 0.326. The second-order valence-corrected chi connectivity index (χ2v) is 4.80. The first kappa shape index (κ1) is 12.0. The predicted molar refractivity (Wildman–Crippen MR) is 71.0 cm³/mol. The highest BCUT2D eigenvalue weighted by Gasteiger charge is 2.24. The lowest BCUT2D eigenvalue weighted by Gasteiger charge is -2.33. The molecule has 1 N–H and O–H groups in total. The van der Waals surface area contributed by atoms with Gasteiger partial charge < -0.3 is 10.1 Å². The fourth-order valence-corrected chi connectivity index (χ4v) is 2.46. The highest BCUT2D eigenvalue weighted by Crippen LogP contribution is 2.22. The Morgan fingerprint density at radius 3 is 2.65 bits per heavy atom. The van der Waals surface area contributed by atoms with Crippen LogP contribution in [0.15, 0.2) is 24.3 Å². The van der Waals surface area contributed by atoms with Crippen LogP contribution in [0.3, 0.4) is 0 Å². The molecule has 1 saturated heterocycles. The van der Waals surface area contributed by atoms with Gasteiger partial charge in [-0.2, -0.15) is 0 Å². The standard InChI is InChI=1S/C15H19NO/c1-4-13-6-5-7-14(10-13)16-15-8-11(2)17-12(3)9-15/h1,5-7,10-12,15-16H,8-9H2,2-3H3. The first-order valence-corrected chi connectivity index (χ1v) is 6.16. The first-order valence-electron chi connectivity index (χ1n) is 6.16. The summed E-state index contributed by atoms with van der Waals surface area (Å²) in [7, 11) is 0. The van der Waals surface area contributed by atoms with Gasteiger partial charge in [-0.15, -0.1) is 6.42 Å². The highest BCUT2D eigenvalue weighted by molar-refractivity contribution is 5.50. The van der Waals surface area contributed by atoms with Crippen LogP contribution >= 0.6 is 0 Å². The van der Waals surface area contributed by atoms with Gasteiger partial charge in [0.05, 0.1) is 12.2 Å². The maximum absolute atomic E-state index is 5.73. The lowest BCUT2D eigenvalue weighted by atomic mass is 9.99. The van der Waals surface area contributed by atoms with Gasteiger partial charge in [0.15, 0.2) is 0 Å². The lowest BCUT2D eigenvalue weighted by molar-refractivity contribution is -0.0337. The normalized spacial score (nSPS) is 28.4. The van der Waals surface area contributed by atoms with E-state index < -0.39 is 0 Å². The van der Waals surface area contributed by atoms with Gasteiger partial charge in [0, 0.05) is 17.3 Å². The molecule has 0 aromatic heterocycles. The Labute approximate surface area is 103 Å². The fraction of sp³-hybridized carbons (Fsp3) is 0.467. The van der Waals surface area contributed by atoms with Gasteiger partial charge in [0.25, 0.3) is 0 Å². The molecule has 1 aromatic rings. The van der Waals surface area contributed by atoms with E-state index in [0.717, 1.165) is 24.1 Å². The van der Waals surface area contributed by atoms with Crippen molar-refractivity contribution in [1.29, 1.82) is 0 Å². The Bertz CT molecular complexity index is 411. The smallest absolute Gasteiger partial charge is 0.0570 e. The van der Waals surface area contributed by atoms with Crippen LogP contribution in [-0.2, 0) is 4.74 Å². The maximum atomic E-state index is 5.73. The third-order valence-electron chi connectivity index (χ3n) is 3.10. The Balaban J connectivity index is 2.02. The lowest BCUT2D eigenvalue weighted by Crippen LogP contribution is -2.36. The quantitative estimate of drug-likeness (QED) is 0.787. The third-order valence-corrected chi connectivity index (χ3v) is 3.10. The fourth-order valence-electron chi connectivity index (χ4n) is 2.46. The van der Waals surface area contributed by atoms with Crippen molar-refractivity contribution in [2.75, 3.05) is 5.32 Å². The van der Waals surface area contributed by atoms with E-state index in [-0.39, 0.29) is 0 Å². The SMILES string of the molecule is C#Cc1cccc(NC2CC(C)OC(C)C2)c1. The Hall–Kier alpha value is -1.46. The second-order valence-electron chi connectivity index (χ2n) is 4.80. The molecule has 0 radical (unpaired) electrons. The molecule has 0 saturated carbocycles. The molecule has 1 aliphatic rings. The minimum absolute atomic E-state index is 0.326. The van der Waals surface area contributed by atoms with E-state index in [0.29, 0.717) is 18.2 Å². The summed E-state index contributed by atoms with van der Waals surface area (Å²) < 4.78 is 5.73. The number of nitrogens with one attached hydrogen (secondary N) is 1. The zero-order chi connectivity index (χ0) is 12.3. The van der Waals surface area contributed by atoms with Gasteiger partial charge in [-0.05, 0) is 44.9 Å². The number of hydrogen-bond donors (Lipinski definition) is 1. The van der Waals surface area contributed by atoms with E-state index in [1.165, 1.54) is 0 Å². The molecular formula is C15H19NO. The number of rotatable bonds is 2. The summed E-state index contributed by atoms with van der Waals surface area (Å²) >= 11 is 0. The van der Waals surface area contributed by atoms with E-state index >= 15 is 0 Å². The molecule has 17 heavy (non-hydrogen) atoms. The van der Waals surface area contributed by atoms with Gasteiger partial charge >= 0.3 is 0 Å². The largest absolute Gasteiger partial charge is 0.382 e. The molecule has 2 unspecified atom stereocenters. The van der Waals surface area contributed by atoms with Crippen LogP contribution in [-0.4, -0.2) is 18.2 Å². The van der Waals surface area contributed by atoms with Crippen molar-refractivity contribution >= 4 is 5.69 Å². The van der Waals surface area contributed by atoms with Gasteiger partial charge in [-0.3, -0.25) is 0 Å². The number of benzene rings is 1. The molecule has 1 aliphatic heterocycles. The van der Waals surface area contributed by atoms with Gasteiger partial charge in [-0.25, -0.2) is 0 Å². The molecule has 2 atom stereocenters. The number of hydrogen-bond acceptors (Lipinski definition) is 2. The average Bonchev–Trinajstić information content (AvgIpc) is 2.28. The van der Waals surface area contributed by atoms with Crippen LogP contribution in [0.25, 0.3) is 0 Å². The molecule has 0 aliphatic carbocycles. The van der Waals surface area contributed by atoms with E-state index in [4.69, 9.17) is 11.2 Å². The van der Waals surface area contributed by atoms with Gasteiger partial charge in [0.1, 0.15) is 0 Å². The van der Waals surface area contributed by atoms with Crippen molar-refractivity contribution < 1.29 is 4.74 Å². The maximum Gasteiger partial charge on any atom is 0.0570 e. The van der Waals surface area contributed by atoms with Crippen molar-refractivity contribution in [3.05, 3.63) is 29.8 Å². The second kappa shape index (κ2) is 5.25. The summed E-state index contributed by atoms with van der Waals surface area (Å²) in [6.07, 6.45) is 8.14. The zero-order valence-electron chi connectivity index (χ0n) is 10.4. The molecule has 1 aromatic carbocycles. The summed E-state index contributed by atoms with van der Waals surface area (Å²) in [4.78, 5) is 0. The van der Waals surface area contributed by atoms with Crippen molar-refractivity contribution in [2.45, 2.75) is 44.9 Å². The summed E-state index contributed by atoms with van der Waals surface area (Å²) in [6.45, 7) is 4.25. The molecule has 1 heterocycles. The molecule has 0 bridgehead atoms. The van der Waals surface area contributed by atoms with E-state index in [9.17, 15) is 0 Å². The van der Waals surface area contributed by atoms with Gasteiger partial charge in [-0.1, -0.05) is 12.0 Å². The van der Waals surface area contributed by atoms with Crippen molar-refractivity contribution in [1.82, 2.24) is 0 Å². The predicted octanol–water partition coefficient (Wildman–Crippen LogP) is 3.04. The minimum Gasteiger partial charge on any atom is -0.382 e. The highest BCUT2D eigenvalue weighted by atomic mass is 16.5. The average molecular weight is 229 g/mol. The Morgan fingerprint density at radius 2 is 2.00 bits per heavy atom. The Morgan fingerprint density at radius 1 is 1.29 bits per heavy atom. The molecule has 90 valence electrons. The molecule has 2 rings (SSSR count). The molecule has 2 heteroatoms. The zero-order valence-corrected chi connectivity index (χ0v) is 10.4. The summed E-state index contributed by atoms with van der Waals surface area (Å²) in [5, 5.41) is 3.54. The monoisotopic (exact) mass is 229 g/mol. The third kappa shape index (κ3) is 3.25. The summed E-state index contributed by atoms with van der Waals surface area (Å²) in [5.74, 6) is 2.66. The van der Waals surface area contributed by atoms with Gasteiger partial charge in [0.2, 0.25) is 0 Å². The van der Waals surface area contributed by atoms with E-state index in [2.05, 4.69) is 31.2 Å². The molecule has 0 spiro atoms. The molecular weight excluding hydrogens is 210 g/mol. The first-order chi connectivity index (χ1) is 8.17. The topological polar surface area (TPSA) is 21.3 Å². The van der Waals surface area contributed by atoms with Crippen LogP contribution < -0.4 is 5.32 Å². The van der Waals surface area contributed by atoms with E-state index in [1.54, 1.807) is 0 Å². The van der Waals surface area contributed by atoms with Crippen LogP contribution in [0, 0.1) is 12.3 Å². The number of anilines is 1. The Kier molecular flexibility index (Phi) is 3.71.